The highest BCUT2D eigenvalue weighted by Gasteiger charge is 2.41. The van der Waals surface area contributed by atoms with Crippen LogP contribution < -0.4 is 4.90 Å². The third-order valence-electron chi connectivity index (χ3n) is 5.95. The van der Waals surface area contributed by atoms with Crippen molar-refractivity contribution in [2.75, 3.05) is 18.0 Å². The molecule has 2 atom stereocenters. The van der Waals surface area contributed by atoms with Crippen molar-refractivity contribution in [1.82, 2.24) is 14.9 Å². The van der Waals surface area contributed by atoms with Gasteiger partial charge in [-0.15, -0.1) is 0 Å². The van der Waals surface area contributed by atoms with Crippen molar-refractivity contribution in [3.05, 3.63) is 53.0 Å². The predicted octanol–water partition coefficient (Wildman–Crippen LogP) is 3.28. The fourth-order valence-electron chi connectivity index (χ4n) is 4.59. The van der Waals surface area contributed by atoms with E-state index in [1.807, 2.05) is 25.1 Å². The molecule has 3 fully saturated rings. The van der Waals surface area contributed by atoms with Crippen LogP contribution in [-0.2, 0) is 17.8 Å². The number of aryl methyl sites for hydroxylation is 2. The molecular weight excluding hydrogens is 336 g/mol. The van der Waals surface area contributed by atoms with Gasteiger partial charge in [0.1, 0.15) is 11.6 Å². The molecule has 2 aromatic rings. The molecule has 5 nitrogen and oxygen atoms in total. The Balaban J connectivity index is 1.64. The molecule has 3 saturated heterocycles. The molecule has 3 aliphatic heterocycles. The number of rotatable bonds is 4. The first-order chi connectivity index (χ1) is 13.1. The molecule has 0 aliphatic carbocycles. The molecule has 142 valence electrons. The summed E-state index contributed by atoms with van der Waals surface area (Å²) in [4.78, 5) is 26.9. The van der Waals surface area contributed by atoms with Crippen molar-refractivity contribution in [1.29, 1.82) is 0 Å². The number of carbonyl (C=O) groups is 1. The molecular formula is C22H28N4O. The fourth-order valence-corrected chi connectivity index (χ4v) is 4.59. The molecule has 0 unspecified atom stereocenters. The third-order valence-corrected chi connectivity index (χ3v) is 5.95. The van der Waals surface area contributed by atoms with Crippen LogP contribution in [0, 0.1) is 19.8 Å². The Morgan fingerprint density at radius 3 is 2.59 bits per heavy atom. The minimum atomic E-state index is 0.0627. The van der Waals surface area contributed by atoms with E-state index in [0.29, 0.717) is 12.5 Å². The molecule has 2 bridgehead atoms. The van der Waals surface area contributed by atoms with Crippen molar-refractivity contribution in [3.63, 3.8) is 0 Å². The van der Waals surface area contributed by atoms with Gasteiger partial charge in [0.25, 0.3) is 0 Å². The number of nitrogens with zero attached hydrogens (tertiary/aromatic N) is 4. The number of carbonyl (C=O) groups excluding carboxylic acids is 1. The summed E-state index contributed by atoms with van der Waals surface area (Å²) in [6.07, 6.45) is 2.97. The van der Waals surface area contributed by atoms with Gasteiger partial charge in [0.05, 0.1) is 5.92 Å². The second kappa shape index (κ2) is 7.29. The Kier molecular flexibility index (Phi) is 4.85. The van der Waals surface area contributed by atoms with Crippen molar-refractivity contribution >= 4 is 11.7 Å². The van der Waals surface area contributed by atoms with Gasteiger partial charge in [0, 0.05) is 36.9 Å². The molecule has 5 rings (SSSR count). The Labute approximate surface area is 161 Å². The maximum absolute atomic E-state index is 13.1. The van der Waals surface area contributed by atoms with Crippen LogP contribution in [0.3, 0.4) is 0 Å². The van der Waals surface area contributed by atoms with Gasteiger partial charge in [0.15, 0.2) is 0 Å². The average Bonchev–Trinajstić information content (AvgIpc) is 2.95. The van der Waals surface area contributed by atoms with Gasteiger partial charge in [-0.2, -0.15) is 0 Å². The lowest BCUT2D eigenvalue weighted by atomic mass is 9.93. The van der Waals surface area contributed by atoms with Crippen LogP contribution in [0.1, 0.15) is 42.4 Å². The zero-order valence-electron chi connectivity index (χ0n) is 16.5. The van der Waals surface area contributed by atoms with E-state index in [-0.39, 0.29) is 12.0 Å². The lowest BCUT2D eigenvalue weighted by molar-refractivity contribution is -0.140. The molecule has 5 heteroatoms. The molecule has 0 spiro atoms. The zero-order chi connectivity index (χ0) is 19.0. The van der Waals surface area contributed by atoms with Gasteiger partial charge < -0.3 is 9.80 Å². The van der Waals surface area contributed by atoms with Gasteiger partial charge in [-0.1, -0.05) is 37.3 Å². The molecule has 0 N–H and O–H groups in total. The Bertz CT molecular complexity index is 836. The quantitative estimate of drug-likeness (QED) is 0.835. The molecule has 3 aliphatic rings. The summed E-state index contributed by atoms with van der Waals surface area (Å²) in [6, 6.07) is 10.6. The van der Waals surface area contributed by atoms with E-state index in [4.69, 9.17) is 4.98 Å². The number of fused-ring (bicyclic) bond motifs is 4. The summed E-state index contributed by atoms with van der Waals surface area (Å²) in [7, 11) is 0. The van der Waals surface area contributed by atoms with Gasteiger partial charge in [-0.3, -0.25) is 4.79 Å². The zero-order valence-corrected chi connectivity index (χ0v) is 16.5. The van der Waals surface area contributed by atoms with Crippen LogP contribution in [0.2, 0.25) is 0 Å². The fraction of sp³-hybridized carbons (Fsp3) is 0.500. The van der Waals surface area contributed by atoms with E-state index >= 15 is 0 Å². The standard InChI is InChI=1S/C22H28N4O/c1-4-20-15(2)23-16(3)24-21(20)25-13-18-10-11-19(14-25)26(22(18)27)12-17-8-6-5-7-9-17/h5-9,18-19H,4,10-14H2,1-3H3/t18-,19+/m1/s1. The molecule has 4 heterocycles. The van der Waals surface area contributed by atoms with Crippen molar-refractivity contribution in [3.8, 4) is 0 Å². The van der Waals surface area contributed by atoms with Crippen molar-refractivity contribution in [2.24, 2.45) is 5.92 Å². The van der Waals surface area contributed by atoms with E-state index in [9.17, 15) is 4.79 Å². The highest BCUT2D eigenvalue weighted by Crippen LogP contribution is 2.33. The SMILES string of the molecule is CCc1c(C)nc(C)nc1N1C[C@H]2CC[C@@H](C1)N(Cc1ccccc1)C2=O. The second-order valence-electron chi connectivity index (χ2n) is 7.80. The van der Waals surface area contributed by atoms with Crippen molar-refractivity contribution < 1.29 is 4.79 Å². The number of amides is 1. The summed E-state index contributed by atoms with van der Waals surface area (Å²) >= 11 is 0. The predicted molar refractivity (Wildman–Crippen MR) is 107 cm³/mol. The number of aromatic nitrogens is 2. The van der Waals surface area contributed by atoms with Crippen LogP contribution in [-0.4, -0.2) is 39.9 Å². The number of benzene rings is 1. The van der Waals surface area contributed by atoms with Gasteiger partial charge in [0.2, 0.25) is 5.91 Å². The summed E-state index contributed by atoms with van der Waals surface area (Å²) in [5, 5.41) is 0. The molecule has 1 aromatic carbocycles. The van der Waals surface area contributed by atoms with Gasteiger partial charge >= 0.3 is 0 Å². The highest BCUT2D eigenvalue weighted by molar-refractivity contribution is 5.81. The van der Waals surface area contributed by atoms with Crippen LogP contribution in [0.15, 0.2) is 30.3 Å². The summed E-state index contributed by atoms with van der Waals surface area (Å²) in [6.45, 7) is 8.51. The van der Waals surface area contributed by atoms with E-state index in [0.717, 1.165) is 49.7 Å². The first-order valence-electron chi connectivity index (χ1n) is 10.00. The first-order valence-corrected chi connectivity index (χ1v) is 10.00. The molecule has 1 aromatic heterocycles. The van der Waals surface area contributed by atoms with E-state index in [1.54, 1.807) is 0 Å². The average molecular weight is 364 g/mol. The Hall–Kier alpha value is -2.43. The topological polar surface area (TPSA) is 49.3 Å². The summed E-state index contributed by atoms with van der Waals surface area (Å²) in [5.41, 5.74) is 3.47. The highest BCUT2D eigenvalue weighted by atomic mass is 16.2. The normalized spacial score (nSPS) is 22.3. The Morgan fingerprint density at radius 2 is 1.85 bits per heavy atom. The van der Waals surface area contributed by atoms with Crippen LogP contribution in [0.25, 0.3) is 0 Å². The van der Waals surface area contributed by atoms with Gasteiger partial charge in [-0.05, 0) is 38.7 Å². The number of anilines is 1. The lowest BCUT2D eigenvalue weighted by Gasteiger charge is -2.36. The maximum Gasteiger partial charge on any atom is 0.228 e. The van der Waals surface area contributed by atoms with Crippen LogP contribution in [0.4, 0.5) is 5.82 Å². The smallest absolute Gasteiger partial charge is 0.228 e. The monoisotopic (exact) mass is 364 g/mol. The van der Waals surface area contributed by atoms with E-state index in [2.05, 4.69) is 40.8 Å². The largest absolute Gasteiger partial charge is 0.353 e. The maximum atomic E-state index is 13.1. The Morgan fingerprint density at radius 1 is 1.07 bits per heavy atom. The van der Waals surface area contributed by atoms with Crippen LogP contribution >= 0.6 is 0 Å². The van der Waals surface area contributed by atoms with Crippen LogP contribution in [0.5, 0.6) is 0 Å². The van der Waals surface area contributed by atoms with E-state index in [1.165, 1.54) is 11.1 Å². The molecule has 27 heavy (non-hydrogen) atoms. The number of hydrogen-bond donors (Lipinski definition) is 0. The number of hydrogen-bond acceptors (Lipinski definition) is 4. The molecule has 0 radical (unpaired) electrons. The number of piperidine rings is 1. The minimum absolute atomic E-state index is 0.0627. The lowest BCUT2D eigenvalue weighted by Crippen LogP contribution is -2.47. The van der Waals surface area contributed by atoms with E-state index < -0.39 is 0 Å². The van der Waals surface area contributed by atoms with Gasteiger partial charge in [-0.25, -0.2) is 9.97 Å². The molecule has 0 saturated carbocycles. The molecule has 1 amide bonds. The third kappa shape index (κ3) is 3.43. The summed E-state index contributed by atoms with van der Waals surface area (Å²) in [5.74, 6) is 2.21. The van der Waals surface area contributed by atoms with Crippen molar-refractivity contribution in [2.45, 2.75) is 52.6 Å². The summed E-state index contributed by atoms with van der Waals surface area (Å²) < 4.78 is 0. The second-order valence-corrected chi connectivity index (χ2v) is 7.80. The minimum Gasteiger partial charge on any atom is -0.353 e. The first kappa shape index (κ1) is 18.0.